The number of rotatable bonds is 5. The van der Waals surface area contributed by atoms with Crippen molar-refractivity contribution in [1.29, 1.82) is 0 Å². The molecule has 106 valence electrons. The van der Waals surface area contributed by atoms with Crippen LogP contribution in [0.3, 0.4) is 0 Å². The van der Waals surface area contributed by atoms with E-state index in [0.29, 0.717) is 11.3 Å². The molecule has 0 heterocycles. The van der Waals surface area contributed by atoms with Gasteiger partial charge in [-0.2, -0.15) is 0 Å². The highest BCUT2D eigenvalue weighted by atomic mass is 19.3. The van der Waals surface area contributed by atoms with Crippen LogP contribution in [0.2, 0.25) is 0 Å². The summed E-state index contributed by atoms with van der Waals surface area (Å²) in [5.41, 5.74) is 1.26. The second kappa shape index (κ2) is 6.43. The third-order valence-corrected chi connectivity index (χ3v) is 2.96. The van der Waals surface area contributed by atoms with Gasteiger partial charge in [-0.25, -0.2) is 13.2 Å². The Labute approximate surface area is 114 Å². The van der Waals surface area contributed by atoms with Gasteiger partial charge in [0.25, 0.3) is 6.43 Å². The molecule has 0 bridgehead atoms. The van der Waals surface area contributed by atoms with Gasteiger partial charge in [0, 0.05) is 11.3 Å². The lowest BCUT2D eigenvalue weighted by Crippen LogP contribution is -2.14. The van der Waals surface area contributed by atoms with Crippen LogP contribution in [0.1, 0.15) is 23.6 Å². The number of hydrogen-bond acceptors (Lipinski definition) is 2. The molecule has 0 aliphatic carbocycles. The SMILES string of the molecule is OCC(Nc1ccc(F)cc1)c1ccc(C(F)F)cc1. The van der Waals surface area contributed by atoms with Gasteiger partial charge in [-0.3, -0.25) is 0 Å². The third kappa shape index (κ3) is 3.51. The van der Waals surface area contributed by atoms with Crippen LogP contribution >= 0.6 is 0 Å². The van der Waals surface area contributed by atoms with E-state index in [1.807, 2.05) is 0 Å². The normalized spacial score (nSPS) is 12.4. The van der Waals surface area contributed by atoms with Gasteiger partial charge in [-0.1, -0.05) is 24.3 Å². The van der Waals surface area contributed by atoms with E-state index in [0.717, 1.165) is 0 Å². The van der Waals surface area contributed by atoms with Gasteiger partial charge < -0.3 is 10.4 Å². The number of nitrogens with one attached hydrogen (secondary N) is 1. The molecule has 0 aliphatic heterocycles. The Morgan fingerprint density at radius 2 is 1.45 bits per heavy atom. The molecule has 1 atom stereocenters. The Balaban J connectivity index is 2.13. The standard InChI is InChI=1S/C15H14F3NO/c16-12-5-7-13(8-6-12)19-14(9-20)10-1-3-11(4-2-10)15(17)18/h1-8,14-15,19-20H,9H2. The zero-order valence-electron chi connectivity index (χ0n) is 10.6. The second-order valence-electron chi connectivity index (χ2n) is 4.35. The minimum Gasteiger partial charge on any atom is -0.394 e. The van der Waals surface area contributed by atoms with Crippen molar-refractivity contribution >= 4 is 5.69 Å². The molecule has 0 fully saturated rings. The predicted octanol–water partition coefficient (Wildman–Crippen LogP) is 3.91. The highest BCUT2D eigenvalue weighted by molar-refractivity contribution is 5.45. The maximum absolute atomic E-state index is 12.8. The zero-order valence-corrected chi connectivity index (χ0v) is 10.6. The van der Waals surface area contributed by atoms with Crippen molar-refractivity contribution in [3.63, 3.8) is 0 Å². The quantitative estimate of drug-likeness (QED) is 0.871. The van der Waals surface area contributed by atoms with Crippen LogP contribution in [0.4, 0.5) is 18.9 Å². The lowest BCUT2D eigenvalue weighted by molar-refractivity contribution is 0.151. The summed E-state index contributed by atoms with van der Waals surface area (Å²) in [4.78, 5) is 0. The Kier molecular flexibility index (Phi) is 4.63. The number of halogens is 3. The van der Waals surface area contributed by atoms with E-state index >= 15 is 0 Å². The lowest BCUT2D eigenvalue weighted by Gasteiger charge is -2.18. The first kappa shape index (κ1) is 14.4. The van der Waals surface area contributed by atoms with E-state index in [-0.39, 0.29) is 18.0 Å². The number of hydrogen-bond donors (Lipinski definition) is 2. The molecule has 2 rings (SSSR count). The van der Waals surface area contributed by atoms with Crippen LogP contribution < -0.4 is 5.32 Å². The molecule has 2 N–H and O–H groups in total. The molecular formula is C15H14F3NO. The maximum atomic E-state index is 12.8. The molecule has 0 amide bonds. The average Bonchev–Trinajstić information content (AvgIpc) is 2.47. The first-order valence-corrected chi connectivity index (χ1v) is 6.11. The Hall–Kier alpha value is -2.01. The van der Waals surface area contributed by atoms with E-state index in [9.17, 15) is 18.3 Å². The molecule has 2 aromatic carbocycles. The van der Waals surface area contributed by atoms with Crippen molar-refractivity contribution in [2.75, 3.05) is 11.9 Å². The molecule has 1 unspecified atom stereocenters. The minimum atomic E-state index is -2.51. The van der Waals surface area contributed by atoms with Crippen molar-refractivity contribution in [3.05, 3.63) is 65.5 Å². The van der Waals surface area contributed by atoms with Crippen molar-refractivity contribution < 1.29 is 18.3 Å². The number of aliphatic hydroxyl groups excluding tert-OH is 1. The van der Waals surface area contributed by atoms with Gasteiger partial charge in [-0.15, -0.1) is 0 Å². The van der Waals surface area contributed by atoms with E-state index in [4.69, 9.17) is 0 Å². The average molecular weight is 281 g/mol. The first-order chi connectivity index (χ1) is 9.60. The Bertz CT molecular complexity index is 540. The van der Waals surface area contributed by atoms with Crippen LogP contribution in [0.15, 0.2) is 48.5 Å². The van der Waals surface area contributed by atoms with Gasteiger partial charge in [0.05, 0.1) is 12.6 Å². The van der Waals surface area contributed by atoms with Gasteiger partial charge in [0.1, 0.15) is 5.82 Å². The fraction of sp³-hybridized carbons (Fsp3) is 0.200. The second-order valence-corrected chi connectivity index (χ2v) is 4.35. The summed E-state index contributed by atoms with van der Waals surface area (Å²) < 4.78 is 37.7. The van der Waals surface area contributed by atoms with Crippen molar-refractivity contribution in [2.45, 2.75) is 12.5 Å². The summed E-state index contributed by atoms with van der Waals surface area (Å²) in [7, 11) is 0. The van der Waals surface area contributed by atoms with Gasteiger partial charge in [0.15, 0.2) is 0 Å². The topological polar surface area (TPSA) is 32.3 Å². The molecule has 2 aromatic rings. The molecule has 0 saturated carbocycles. The highest BCUT2D eigenvalue weighted by Gasteiger charge is 2.12. The van der Waals surface area contributed by atoms with Crippen LogP contribution in [-0.4, -0.2) is 11.7 Å². The fourth-order valence-corrected chi connectivity index (χ4v) is 1.86. The summed E-state index contributed by atoms with van der Waals surface area (Å²) in [6.07, 6.45) is -2.51. The zero-order chi connectivity index (χ0) is 14.5. The van der Waals surface area contributed by atoms with Crippen LogP contribution in [0, 0.1) is 5.82 Å². The van der Waals surface area contributed by atoms with Gasteiger partial charge >= 0.3 is 0 Å². The highest BCUT2D eigenvalue weighted by Crippen LogP contribution is 2.23. The third-order valence-electron chi connectivity index (χ3n) is 2.96. The molecule has 5 heteroatoms. The van der Waals surface area contributed by atoms with E-state index in [2.05, 4.69) is 5.32 Å². The molecule has 0 radical (unpaired) electrons. The smallest absolute Gasteiger partial charge is 0.263 e. The molecule has 0 aliphatic rings. The van der Waals surface area contributed by atoms with Crippen LogP contribution in [0.25, 0.3) is 0 Å². The van der Waals surface area contributed by atoms with Crippen molar-refractivity contribution in [2.24, 2.45) is 0 Å². The molecule has 20 heavy (non-hydrogen) atoms. The first-order valence-electron chi connectivity index (χ1n) is 6.11. The van der Waals surface area contributed by atoms with Gasteiger partial charge in [-0.05, 0) is 29.8 Å². The Morgan fingerprint density at radius 1 is 0.900 bits per heavy atom. The molecule has 0 spiro atoms. The number of anilines is 1. The maximum Gasteiger partial charge on any atom is 0.263 e. The fourth-order valence-electron chi connectivity index (χ4n) is 1.86. The van der Waals surface area contributed by atoms with E-state index < -0.39 is 12.5 Å². The number of benzene rings is 2. The Morgan fingerprint density at radius 3 is 1.95 bits per heavy atom. The number of aliphatic hydroxyl groups is 1. The van der Waals surface area contributed by atoms with E-state index in [1.165, 1.54) is 24.3 Å². The predicted molar refractivity (Wildman–Crippen MR) is 71.2 cm³/mol. The molecule has 0 aromatic heterocycles. The minimum absolute atomic E-state index is 0.0628. The summed E-state index contributed by atoms with van der Waals surface area (Å²) in [5.74, 6) is -0.350. The summed E-state index contributed by atoms with van der Waals surface area (Å²) in [6, 6.07) is 11.0. The molecular weight excluding hydrogens is 267 g/mol. The van der Waals surface area contributed by atoms with Crippen LogP contribution in [0.5, 0.6) is 0 Å². The largest absolute Gasteiger partial charge is 0.394 e. The summed E-state index contributed by atoms with van der Waals surface area (Å²) in [5, 5.41) is 12.4. The summed E-state index contributed by atoms with van der Waals surface area (Å²) in [6.45, 7) is -0.203. The van der Waals surface area contributed by atoms with Crippen molar-refractivity contribution in [1.82, 2.24) is 0 Å². The van der Waals surface area contributed by atoms with E-state index in [1.54, 1.807) is 24.3 Å². The van der Waals surface area contributed by atoms with Crippen molar-refractivity contribution in [3.8, 4) is 0 Å². The monoisotopic (exact) mass is 281 g/mol. The lowest BCUT2D eigenvalue weighted by atomic mass is 10.0. The molecule has 0 saturated heterocycles. The van der Waals surface area contributed by atoms with Crippen LogP contribution in [-0.2, 0) is 0 Å². The molecule has 2 nitrogen and oxygen atoms in total. The summed E-state index contributed by atoms with van der Waals surface area (Å²) >= 11 is 0. The van der Waals surface area contributed by atoms with Gasteiger partial charge in [0.2, 0.25) is 0 Å². The number of alkyl halides is 2.